The van der Waals surface area contributed by atoms with Crippen molar-refractivity contribution in [3.8, 4) is 11.6 Å². The van der Waals surface area contributed by atoms with Crippen LogP contribution in [0.2, 0.25) is 10.4 Å². The van der Waals surface area contributed by atoms with Gasteiger partial charge >= 0.3 is 0 Å². The zero-order valence-corrected chi connectivity index (χ0v) is 18.4. The van der Waals surface area contributed by atoms with Crippen molar-refractivity contribution >= 4 is 46.3 Å². The molecule has 0 aliphatic carbocycles. The van der Waals surface area contributed by atoms with E-state index in [1.165, 1.54) is 14.0 Å². The zero-order chi connectivity index (χ0) is 22.6. The molecule has 1 spiro atoms. The van der Waals surface area contributed by atoms with Crippen LogP contribution in [0.25, 0.3) is 5.76 Å². The molecule has 3 aromatic rings. The maximum absolute atomic E-state index is 13.8. The molecular formula is C23H15Cl2N3O4. The third-order valence-corrected chi connectivity index (χ3v) is 6.03. The number of rotatable bonds is 3. The zero-order valence-electron chi connectivity index (χ0n) is 16.9. The summed E-state index contributed by atoms with van der Waals surface area (Å²) in [4.78, 5) is 35.2. The highest BCUT2D eigenvalue weighted by Crippen LogP contribution is 2.57. The Hall–Kier alpha value is -3.42. The van der Waals surface area contributed by atoms with E-state index in [1.807, 2.05) is 6.07 Å². The summed E-state index contributed by atoms with van der Waals surface area (Å²) in [6.07, 6.45) is 0. The van der Waals surface area contributed by atoms with Crippen molar-refractivity contribution in [3.05, 3.63) is 81.2 Å². The van der Waals surface area contributed by atoms with E-state index in [1.54, 1.807) is 42.5 Å². The average molecular weight is 468 g/mol. The summed E-state index contributed by atoms with van der Waals surface area (Å²) in [5.41, 5.74) is 0.207. The lowest BCUT2D eigenvalue weighted by Gasteiger charge is -2.36. The van der Waals surface area contributed by atoms with Gasteiger partial charge < -0.3 is 14.8 Å². The number of nitrogens with zero attached hydrogens (tertiary/aromatic N) is 2. The molecule has 5 rings (SSSR count). The Labute approximate surface area is 193 Å². The molecule has 9 heteroatoms. The topological polar surface area (TPSA) is 90.4 Å². The van der Waals surface area contributed by atoms with Gasteiger partial charge in [0.05, 0.1) is 18.2 Å². The fraction of sp³-hybridized carbons (Fsp3) is 0.130. The first kappa shape index (κ1) is 20.5. The van der Waals surface area contributed by atoms with Gasteiger partial charge in [0.2, 0.25) is 17.1 Å². The second-order valence-electron chi connectivity index (χ2n) is 7.31. The minimum Gasteiger partial charge on any atom is -0.497 e. The van der Waals surface area contributed by atoms with Gasteiger partial charge in [-0.05, 0) is 36.7 Å². The predicted octanol–water partition coefficient (Wildman–Crippen LogP) is 4.42. The van der Waals surface area contributed by atoms with Crippen LogP contribution in [0, 0.1) is 0 Å². The van der Waals surface area contributed by atoms with E-state index in [0.29, 0.717) is 22.6 Å². The number of halogens is 2. The van der Waals surface area contributed by atoms with Gasteiger partial charge in [0.1, 0.15) is 22.1 Å². The number of hydrogen-bond donors (Lipinski definition) is 1. The second-order valence-corrected chi connectivity index (χ2v) is 8.00. The molecule has 32 heavy (non-hydrogen) atoms. The molecule has 0 saturated heterocycles. The number of aromatic nitrogens is 2. The molecule has 1 amide bonds. The van der Waals surface area contributed by atoms with E-state index in [0.717, 1.165) is 0 Å². The fourth-order valence-electron chi connectivity index (χ4n) is 4.34. The van der Waals surface area contributed by atoms with Gasteiger partial charge in [-0.15, -0.1) is 0 Å². The molecule has 1 unspecified atom stereocenters. The largest absolute Gasteiger partial charge is 0.497 e. The van der Waals surface area contributed by atoms with Gasteiger partial charge in [-0.2, -0.15) is 4.98 Å². The molecule has 7 nitrogen and oxygen atoms in total. The van der Waals surface area contributed by atoms with Gasteiger partial charge in [-0.25, -0.2) is 4.98 Å². The highest BCUT2D eigenvalue weighted by Gasteiger charge is 2.59. The van der Waals surface area contributed by atoms with Crippen LogP contribution in [0.15, 0.2) is 54.1 Å². The van der Waals surface area contributed by atoms with Crippen molar-refractivity contribution in [2.45, 2.75) is 12.3 Å². The van der Waals surface area contributed by atoms with Crippen molar-refractivity contribution in [2.75, 3.05) is 12.4 Å². The van der Waals surface area contributed by atoms with Gasteiger partial charge in [0.25, 0.3) is 0 Å². The number of carbonyl (C=O) groups excluding carboxylic acids is 2. The maximum atomic E-state index is 13.8. The van der Waals surface area contributed by atoms with Crippen LogP contribution >= 0.6 is 23.2 Å². The van der Waals surface area contributed by atoms with E-state index < -0.39 is 11.3 Å². The van der Waals surface area contributed by atoms with Crippen molar-refractivity contribution in [1.82, 2.24) is 9.97 Å². The van der Waals surface area contributed by atoms with Crippen LogP contribution in [0.3, 0.4) is 0 Å². The molecule has 160 valence electrons. The molecule has 1 aromatic heterocycles. The lowest BCUT2D eigenvalue weighted by Crippen LogP contribution is -2.44. The maximum Gasteiger partial charge on any atom is 0.244 e. The normalized spacial score (nSPS) is 18.7. The van der Waals surface area contributed by atoms with Crippen molar-refractivity contribution in [1.29, 1.82) is 0 Å². The van der Waals surface area contributed by atoms with Gasteiger partial charge in [-0.1, -0.05) is 41.9 Å². The Morgan fingerprint density at radius 3 is 2.56 bits per heavy atom. The molecule has 1 N–H and O–H groups in total. The summed E-state index contributed by atoms with van der Waals surface area (Å²) in [7, 11) is 1.52. The number of fused-ring (bicyclic) bond motifs is 4. The first-order valence-electron chi connectivity index (χ1n) is 9.60. The molecule has 0 fully saturated rings. The van der Waals surface area contributed by atoms with Crippen LogP contribution in [0.4, 0.5) is 5.69 Å². The molecule has 3 heterocycles. The lowest BCUT2D eigenvalue weighted by atomic mass is 9.67. The number of Topliss-reactive ketones (excluding diaryl/α,β-unsaturated/α-hetero) is 1. The summed E-state index contributed by atoms with van der Waals surface area (Å²) in [6.45, 7) is 1.38. The molecule has 0 saturated carbocycles. The van der Waals surface area contributed by atoms with E-state index in [-0.39, 0.29) is 39.0 Å². The Bertz CT molecular complexity index is 1340. The first-order valence-corrected chi connectivity index (χ1v) is 10.4. The summed E-state index contributed by atoms with van der Waals surface area (Å²) in [5.74, 6) is -0.141. The molecular weight excluding hydrogens is 453 g/mol. The molecule has 1 atom stereocenters. The molecule has 2 aliphatic rings. The minimum atomic E-state index is -1.66. The van der Waals surface area contributed by atoms with E-state index in [9.17, 15) is 9.59 Å². The third kappa shape index (κ3) is 2.75. The molecule has 2 aromatic carbocycles. The number of benzene rings is 2. The molecule has 2 aliphatic heterocycles. The van der Waals surface area contributed by atoms with Crippen LogP contribution in [-0.4, -0.2) is 28.8 Å². The SMILES string of the molecule is COc1ccc2c(c1)C1(C(=O)N2)C(C(C)=O)=C(c2ccccc2)Oc2nc(Cl)nc(Cl)c21. The fourth-order valence-corrected chi connectivity index (χ4v) is 4.85. The van der Waals surface area contributed by atoms with E-state index >= 15 is 0 Å². The number of hydrogen-bond acceptors (Lipinski definition) is 6. The highest BCUT2D eigenvalue weighted by atomic mass is 35.5. The number of ketones is 1. The van der Waals surface area contributed by atoms with Crippen molar-refractivity contribution in [3.63, 3.8) is 0 Å². The Kier molecular flexibility index (Phi) is 4.69. The quantitative estimate of drug-likeness (QED) is 0.452. The number of ether oxygens (including phenoxy) is 2. The molecule has 0 radical (unpaired) electrons. The Morgan fingerprint density at radius 1 is 1.12 bits per heavy atom. The van der Waals surface area contributed by atoms with Crippen molar-refractivity contribution < 1.29 is 19.1 Å². The summed E-state index contributed by atoms with van der Waals surface area (Å²) in [6, 6.07) is 14.1. The standard InChI is InChI=1S/C23H15Cl2N3O4/c1-11(29)16-18(12-6-4-3-5-7-12)32-20-17(19(24)27-22(25)28-20)23(16)14-10-13(31-2)8-9-15(14)26-21(23)30/h3-10H,1-2H3,(H,26,30). The monoisotopic (exact) mass is 467 g/mol. The number of amides is 1. The molecule has 0 bridgehead atoms. The van der Waals surface area contributed by atoms with Gasteiger partial charge in [0.15, 0.2) is 5.78 Å². The second kappa shape index (κ2) is 7.32. The Morgan fingerprint density at radius 2 is 1.88 bits per heavy atom. The Balaban J connectivity index is 1.98. The number of nitrogens with one attached hydrogen (secondary N) is 1. The number of carbonyl (C=O) groups is 2. The van der Waals surface area contributed by atoms with E-state index in [4.69, 9.17) is 32.7 Å². The minimum absolute atomic E-state index is 0.00433. The average Bonchev–Trinajstić information content (AvgIpc) is 3.04. The summed E-state index contributed by atoms with van der Waals surface area (Å²) in [5, 5.41) is 2.63. The van der Waals surface area contributed by atoms with Gasteiger partial charge in [0, 0.05) is 16.8 Å². The summed E-state index contributed by atoms with van der Waals surface area (Å²) < 4.78 is 11.5. The third-order valence-electron chi connectivity index (χ3n) is 5.59. The highest BCUT2D eigenvalue weighted by molar-refractivity contribution is 6.34. The number of anilines is 1. The van der Waals surface area contributed by atoms with Crippen LogP contribution < -0.4 is 14.8 Å². The van der Waals surface area contributed by atoms with Gasteiger partial charge in [-0.3, -0.25) is 9.59 Å². The predicted molar refractivity (Wildman–Crippen MR) is 119 cm³/mol. The smallest absolute Gasteiger partial charge is 0.244 e. The van der Waals surface area contributed by atoms with Crippen LogP contribution in [-0.2, 0) is 15.0 Å². The lowest BCUT2D eigenvalue weighted by molar-refractivity contribution is -0.121. The summed E-state index contributed by atoms with van der Waals surface area (Å²) >= 11 is 12.6. The van der Waals surface area contributed by atoms with Crippen molar-refractivity contribution in [2.24, 2.45) is 0 Å². The van der Waals surface area contributed by atoms with Crippen LogP contribution in [0.5, 0.6) is 11.6 Å². The number of methoxy groups -OCH3 is 1. The van der Waals surface area contributed by atoms with Crippen LogP contribution in [0.1, 0.15) is 23.6 Å². The van der Waals surface area contributed by atoms with E-state index in [2.05, 4.69) is 15.3 Å². The first-order chi connectivity index (χ1) is 15.4.